The maximum atomic E-state index is 6.00. The number of nitrogens with zero attached hydrogens (tertiary/aromatic N) is 1. The number of halogens is 1. The molecule has 1 N–H and O–H groups in total. The monoisotopic (exact) mass is 280 g/mol. The molecule has 1 unspecified atom stereocenters. The van der Waals surface area contributed by atoms with Gasteiger partial charge in [-0.3, -0.25) is 0 Å². The highest BCUT2D eigenvalue weighted by atomic mass is 35.5. The first-order chi connectivity index (χ1) is 9.10. The Morgan fingerprint density at radius 1 is 1.47 bits per heavy atom. The van der Waals surface area contributed by atoms with Crippen molar-refractivity contribution < 1.29 is 9.15 Å². The summed E-state index contributed by atoms with van der Waals surface area (Å²) in [6.07, 6.45) is 1.72. The van der Waals surface area contributed by atoms with Gasteiger partial charge in [0.1, 0.15) is 11.5 Å². The third kappa shape index (κ3) is 3.49. The van der Waals surface area contributed by atoms with Crippen LogP contribution in [0.3, 0.4) is 0 Å². The minimum absolute atomic E-state index is 0.0254. The third-order valence-corrected chi connectivity index (χ3v) is 3.09. The van der Waals surface area contributed by atoms with Gasteiger partial charge in [0, 0.05) is 17.1 Å². The first kappa shape index (κ1) is 13.9. The largest absolute Gasteiger partial charge is 0.496 e. The van der Waals surface area contributed by atoms with E-state index in [9.17, 15) is 0 Å². The summed E-state index contributed by atoms with van der Waals surface area (Å²) < 4.78 is 10.8. The lowest BCUT2D eigenvalue weighted by atomic mass is 10.2. The van der Waals surface area contributed by atoms with Gasteiger partial charge in [0.25, 0.3) is 0 Å². The van der Waals surface area contributed by atoms with E-state index < -0.39 is 0 Å². The van der Waals surface area contributed by atoms with E-state index in [1.165, 1.54) is 0 Å². The molecule has 0 aliphatic heterocycles. The second-order valence-electron chi connectivity index (χ2n) is 4.37. The molecule has 0 aliphatic rings. The van der Waals surface area contributed by atoms with E-state index in [0.29, 0.717) is 17.5 Å². The molecule has 2 aromatic rings. The summed E-state index contributed by atoms with van der Waals surface area (Å²) in [4.78, 5) is 4.20. The van der Waals surface area contributed by atoms with Crippen molar-refractivity contribution in [3.8, 4) is 5.75 Å². The van der Waals surface area contributed by atoms with Crippen molar-refractivity contribution in [2.24, 2.45) is 0 Å². The Kier molecular flexibility index (Phi) is 4.45. The van der Waals surface area contributed by atoms with E-state index in [-0.39, 0.29) is 6.04 Å². The van der Waals surface area contributed by atoms with Crippen LogP contribution < -0.4 is 10.1 Å². The molecule has 0 saturated carbocycles. The number of ether oxygens (including phenoxy) is 1. The predicted octanol–water partition coefficient (Wildman–Crippen LogP) is 3.50. The normalized spacial score (nSPS) is 12.4. The molecule has 1 aromatic heterocycles. The Morgan fingerprint density at radius 3 is 2.89 bits per heavy atom. The number of oxazole rings is 1. The highest BCUT2D eigenvalue weighted by Gasteiger charge is 2.12. The van der Waals surface area contributed by atoms with Gasteiger partial charge < -0.3 is 14.5 Å². The van der Waals surface area contributed by atoms with Crippen molar-refractivity contribution in [2.75, 3.05) is 7.11 Å². The van der Waals surface area contributed by atoms with Gasteiger partial charge in [0.15, 0.2) is 0 Å². The summed E-state index contributed by atoms with van der Waals surface area (Å²) in [6.45, 7) is 4.51. The lowest BCUT2D eigenvalue weighted by Crippen LogP contribution is -2.18. The van der Waals surface area contributed by atoms with Crippen LogP contribution in [-0.4, -0.2) is 12.1 Å². The molecule has 2 rings (SSSR count). The molecule has 1 aromatic carbocycles. The molecule has 0 fully saturated rings. The van der Waals surface area contributed by atoms with E-state index in [1.807, 2.05) is 32.0 Å². The van der Waals surface area contributed by atoms with Crippen molar-refractivity contribution in [1.29, 1.82) is 0 Å². The molecular weight excluding hydrogens is 264 g/mol. The zero-order valence-corrected chi connectivity index (χ0v) is 12.0. The van der Waals surface area contributed by atoms with Crippen LogP contribution in [0, 0.1) is 6.92 Å². The van der Waals surface area contributed by atoms with Crippen LogP contribution in [-0.2, 0) is 6.54 Å². The molecular formula is C14H17ClN2O2. The molecule has 1 atom stereocenters. The number of hydrogen-bond acceptors (Lipinski definition) is 4. The van der Waals surface area contributed by atoms with Gasteiger partial charge in [-0.15, -0.1) is 0 Å². The Morgan fingerprint density at radius 2 is 2.26 bits per heavy atom. The molecule has 5 heteroatoms. The first-order valence-corrected chi connectivity index (χ1v) is 6.46. The lowest BCUT2D eigenvalue weighted by molar-refractivity contribution is 0.389. The Balaban J connectivity index is 2.04. The molecule has 0 radical (unpaired) electrons. The van der Waals surface area contributed by atoms with Gasteiger partial charge >= 0.3 is 0 Å². The van der Waals surface area contributed by atoms with Gasteiger partial charge in [0.2, 0.25) is 5.89 Å². The van der Waals surface area contributed by atoms with E-state index in [4.69, 9.17) is 20.8 Å². The van der Waals surface area contributed by atoms with Gasteiger partial charge in [-0.2, -0.15) is 0 Å². The van der Waals surface area contributed by atoms with Crippen molar-refractivity contribution in [3.05, 3.63) is 46.6 Å². The Hall–Kier alpha value is -1.52. The number of aryl methyl sites for hydroxylation is 1. The standard InChI is InChI=1S/C14H17ClN2O2/c1-9-7-17-14(19-9)10(2)16-8-11-6-12(15)4-5-13(11)18-3/h4-7,10,16H,8H2,1-3H3. The highest BCUT2D eigenvalue weighted by molar-refractivity contribution is 6.30. The van der Waals surface area contributed by atoms with Crippen LogP contribution in [0.4, 0.5) is 0 Å². The number of nitrogens with one attached hydrogen (secondary N) is 1. The molecule has 4 nitrogen and oxygen atoms in total. The fraction of sp³-hybridized carbons (Fsp3) is 0.357. The van der Waals surface area contributed by atoms with Crippen LogP contribution in [0.1, 0.15) is 30.2 Å². The van der Waals surface area contributed by atoms with E-state index in [2.05, 4.69) is 10.3 Å². The molecule has 0 amide bonds. The molecule has 0 spiro atoms. The maximum absolute atomic E-state index is 6.00. The second-order valence-corrected chi connectivity index (χ2v) is 4.80. The summed E-state index contributed by atoms with van der Waals surface area (Å²) in [5.74, 6) is 2.30. The van der Waals surface area contributed by atoms with Gasteiger partial charge in [-0.05, 0) is 32.0 Å². The average molecular weight is 281 g/mol. The molecule has 102 valence electrons. The fourth-order valence-corrected chi connectivity index (χ4v) is 2.00. The summed E-state index contributed by atoms with van der Waals surface area (Å²) in [5, 5.41) is 4.03. The van der Waals surface area contributed by atoms with Gasteiger partial charge in [-0.1, -0.05) is 11.6 Å². The third-order valence-electron chi connectivity index (χ3n) is 2.85. The molecule has 0 bridgehead atoms. The van der Waals surface area contributed by atoms with Crippen LogP contribution in [0.5, 0.6) is 5.75 Å². The summed E-state index contributed by atoms with van der Waals surface area (Å²) >= 11 is 6.00. The summed E-state index contributed by atoms with van der Waals surface area (Å²) in [6, 6.07) is 5.59. The van der Waals surface area contributed by atoms with E-state index in [0.717, 1.165) is 17.1 Å². The lowest BCUT2D eigenvalue weighted by Gasteiger charge is -2.13. The highest BCUT2D eigenvalue weighted by Crippen LogP contribution is 2.23. The zero-order chi connectivity index (χ0) is 13.8. The second kappa shape index (κ2) is 6.08. The topological polar surface area (TPSA) is 47.3 Å². The average Bonchev–Trinajstić information content (AvgIpc) is 2.83. The first-order valence-electron chi connectivity index (χ1n) is 6.08. The number of aromatic nitrogens is 1. The van der Waals surface area contributed by atoms with Crippen LogP contribution >= 0.6 is 11.6 Å². The summed E-state index contributed by atoms with van der Waals surface area (Å²) in [7, 11) is 1.65. The van der Waals surface area contributed by atoms with Gasteiger partial charge in [-0.25, -0.2) is 4.98 Å². The van der Waals surface area contributed by atoms with E-state index in [1.54, 1.807) is 13.3 Å². The minimum Gasteiger partial charge on any atom is -0.496 e. The molecule has 19 heavy (non-hydrogen) atoms. The van der Waals surface area contributed by atoms with Crippen LogP contribution in [0.2, 0.25) is 5.02 Å². The van der Waals surface area contributed by atoms with Crippen LogP contribution in [0.15, 0.2) is 28.8 Å². The number of rotatable bonds is 5. The Bertz CT molecular complexity index is 554. The van der Waals surface area contributed by atoms with Crippen molar-refractivity contribution >= 4 is 11.6 Å². The van der Waals surface area contributed by atoms with Gasteiger partial charge in [0.05, 0.1) is 19.3 Å². The summed E-state index contributed by atoms with van der Waals surface area (Å²) in [5.41, 5.74) is 1.00. The van der Waals surface area contributed by atoms with Crippen LogP contribution in [0.25, 0.3) is 0 Å². The quantitative estimate of drug-likeness (QED) is 0.911. The number of hydrogen-bond donors (Lipinski definition) is 1. The number of benzene rings is 1. The number of methoxy groups -OCH3 is 1. The maximum Gasteiger partial charge on any atom is 0.211 e. The smallest absolute Gasteiger partial charge is 0.211 e. The zero-order valence-electron chi connectivity index (χ0n) is 11.2. The SMILES string of the molecule is COc1ccc(Cl)cc1CNC(C)c1ncc(C)o1. The molecule has 0 saturated heterocycles. The Labute approximate surface area is 117 Å². The molecule has 1 heterocycles. The van der Waals surface area contributed by atoms with Crippen molar-refractivity contribution in [2.45, 2.75) is 26.4 Å². The predicted molar refractivity (Wildman–Crippen MR) is 74.5 cm³/mol. The van der Waals surface area contributed by atoms with E-state index >= 15 is 0 Å². The fourth-order valence-electron chi connectivity index (χ4n) is 1.81. The molecule has 0 aliphatic carbocycles. The van der Waals surface area contributed by atoms with Crippen molar-refractivity contribution in [1.82, 2.24) is 10.3 Å². The minimum atomic E-state index is 0.0254. The van der Waals surface area contributed by atoms with Crippen molar-refractivity contribution in [3.63, 3.8) is 0 Å².